The Hall–Kier alpha value is -2.19. The number of anilines is 1. The minimum Gasteiger partial charge on any atom is -0.322 e. The number of carbonyl (C=O) groups excluding carboxylic acids is 1. The summed E-state index contributed by atoms with van der Waals surface area (Å²) in [6.07, 6.45) is 2.62. The number of carbonyl (C=O) groups is 1. The molecule has 1 amide bonds. The summed E-state index contributed by atoms with van der Waals surface area (Å²) in [5.74, 6) is -0.248. The smallest absolute Gasteiger partial charge is 0.269 e. The number of rotatable bonds is 6. The van der Waals surface area contributed by atoms with Crippen molar-refractivity contribution in [3.8, 4) is 0 Å². The van der Waals surface area contributed by atoms with Crippen molar-refractivity contribution in [2.24, 2.45) is 0 Å². The Morgan fingerprint density at radius 1 is 0.750 bits per heavy atom. The van der Waals surface area contributed by atoms with Crippen molar-refractivity contribution < 1.29 is 41.9 Å². The van der Waals surface area contributed by atoms with Crippen molar-refractivity contribution in [2.75, 3.05) is 5.32 Å². The maximum absolute atomic E-state index is 14.5. The topological polar surface area (TPSA) is 29.1 Å². The molecule has 1 N–H and O–H groups in total. The van der Waals surface area contributed by atoms with Gasteiger partial charge in [0.05, 0.1) is 0 Å². The molecule has 5 heteroatoms. The molecule has 1 radical (unpaired) electrons. The first-order chi connectivity index (χ1) is 17.0. The Morgan fingerprint density at radius 3 is 1.47 bits per heavy atom. The quantitative estimate of drug-likeness (QED) is 0.271. The molecule has 0 bridgehead atoms. The zero-order valence-electron chi connectivity index (χ0n) is 20.7. The predicted octanol–water partition coefficient (Wildman–Crippen LogP) is 6.30. The fourth-order valence-electron chi connectivity index (χ4n) is 5.71. The molecule has 0 saturated heterocycles. The van der Waals surface area contributed by atoms with Gasteiger partial charge in [-0.05, 0) is 92.8 Å². The molecule has 36 heavy (non-hydrogen) atoms. The number of hydrogen-bond donors (Lipinski definition) is 1. The number of hydrogen-bond acceptors (Lipinski definition) is 1. The van der Waals surface area contributed by atoms with E-state index in [0.717, 1.165) is 36.1 Å². The number of aryl methyl sites for hydroxylation is 2. The van der Waals surface area contributed by atoms with Crippen molar-refractivity contribution in [2.45, 2.75) is 38.3 Å². The third kappa shape index (κ3) is 4.40. The predicted molar refractivity (Wildman–Crippen MR) is 146 cm³/mol. The minimum absolute atomic E-state index is 0. The van der Waals surface area contributed by atoms with Crippen LogP contribution in [0.3, 0.4) is 0 Å². The molecule has 179 valence electrons. The van der Waals surface area contributed by atoms with E-state index >= 15 is 0 Å². The van der Waals surface area contributed by atoms with Crippen LogP contribution in [-0.2, 0) is 37.5 Å². The van der Waals surface area contributed by atoms with E-state index in [1.165, 1.54) is 28.0 Å². The summed E-state index contributed by atoms with van der Waals surface area (Å²) in [6, 6.07) is 34.7. The fourth-order valence-corrected chi connectivity index (χ4v) is 11.3. The van der Waals surface area contributed by atoms with Crippen molar-refractivity contribution in [1.82, 2.24) is 0 Å². The van der Waals surface area contributed by atoms with Crippen LogP contribution >= 0.6 is 7.26 Å². The molecule has 1 aliphatic carbocycles. The molecule has 2 nitrogen and oxygen atoms in total. The molecule has 0 aromatic heterocycles. The Balaban J connectivity index is 0.00000304. The van der Waals surface area contributed by atoms with E-state index in [2.05, 4.69) is 78.1 Å². The molecular weight excluding hydrogens is 541 g/mol. The molecule has 4 aromatic carbocycles. The summed E-state index contributed by atoms with van der Waals surface area (Å²) in [7, 11) is -2.41. The summed E-state index contributed by atoms with van der Waals surface area (Å²) in [5, 5.41) is 6.32. The molecule has 1 saturated carbocycles. The van der Waals surface area contributed by atoms with Crippen LogP contribution in [0.2, 0.25) is 0 Å². The number of benzene rings is 4. The third-order valence-electron chi connectivity index (χ3n) is 7.41. The summed E-state index contributed by atoms with van der Waals surface area (Å²) >= 11 is 0. The van der Waals surface area contributed by atoms with Crippen molar-refractivity contribution in [1.29, 1.82) is 0 Å². The van der Waals surface area contributed by atoms with Gasteiger partial charge in [-0.25, -0.2) is 4.39 Å². The molecule has 1 fully saturated rings. The normalized spacial score (nSPS) is 14.3. The van der Waals surface area contributed by atoms with Gasteiger partial charge in [-0.15, -0.1) is 0 Å². The van der Waals surface area contributed by atoms with Crippen LogP contribution in [0, 0.1) is 19.7 Å². The van der Waals surface area contributed by atoms with E-state index in [9.17, 15) is 9.18 Å². The van der Waals surface area contributed by atoms with E-state index in [1.54, 1.807) is 0 Å². The molecule has 0 atom stereocenters. The van der Waals surface area contributed by atoms with Crippen LogP contribution in [0.4, 0.5) is 10.1 Å². The van der Waals surface area contributed by atoms with Gasteiger partial charge in [0.1, 0.15) is 29.0 Å². The Kier molecular flexibility index (Phi) is 8.25. The largest absolute Gasteiger partial charge is 0.322 e. The third-order valence-corrected chi connectivity index (χ3v) is 12.6. The van der Waals surface area contributed by atoms with E-state index in [1.807, 2.05) is 32.0 Å². The molecule has 5 rings (SSSR count). The van der Waals surface area contributed by atoms with Gasteiger partial charge >= 0.3 is 0 Å². The molecule has 0 spiro atoms. The fraction of sp³-hybridized carbons (Fsp3) is 0.194. The zero-order chi connectivity index (χ0) is 24.5. The van der Waals surface area contributed by atoms with E-state index in [0.29, 0.717) is 0 Å². The van der Waals surface area contributed by atoms with Crippen LogP contribution in [0.15, 0.2) is 103 Å². The molecular formula is C31H30FNOPY+. The van der Waals surface area contributed by atoms with Gasteiger partial charge < -0.3 is 5.32 Å². The molecule has 0 heterocycles. The number of amides is 1. The summed E-state index contributed by atoms with van der Waals surface area (Å²) in [6.45, 7) is 3.71. The Morgan fingerprint density at radius 2 is 1.14 bits per heavy atom. The van der Waals surface area contributed by atoms with E-state index < -0.39 is 12.4 Å². The first-order valence-electron chi connectivity index (χ1n) is 12.1. The first kappa shape index (κ1) is 26.9. The van der Waals surface area contributed by atoms with Gasteiger partial charge in [0, 0.05) is 38.4 Å². The van der Waals surface area contributed by atoms with Crippen LogP contribution < -0.4 is 21.2 Å². The van der Waals surface area contributed by atoms with Gasteiger partial charge in [0.15, 0.2) is 5.16 Å². The van der Waals surface area contributed by atoms with Crippen molar-refractivity contribution >= 4 is 34.8 Å². The molecule has 4 aromatic rings. The van der Waals surface area contributed by atoms with Crippen LogP contribution in [0.1, 0.15) is 30.4 Å². The van der Waals surface area contributed by atoms with E-state index in [-0.39, 0.29) is 44.4 Å². The van der Waals surface area contributed by atoms with Gasteiger partial charge in [0.25, 0.3) is 5.91 Å². The number of halogens is 1. The van der Waals surface area contributed by atoms with Crippen molar-refractivity contribution in [3.05, 3.63) is 120 Å². The minimum atomic E-state index is -2.41. The molecule has 0 unspecified atom stereocenters. The number of nitrogens with one attached hydrogen (secondary N) is 1. The van der Waals surface area contributed by atoms with Crippen LogP contribution in [-0.4, -0.2) is 11.1 Å². The maximum Gasteiger partial charge on any atom is 0.269 e. The monoisotopic (exact) mass is 571 g/mol. The van der Waals surface area contributed by atoms with Crippen molar-refractivity contribution in [3.63, 3.8) is 0 Å². The second-order valence-corrected chi connectivity index (χ2v) is 13.2. The van der Waals surface area contributed by atoms with Gasteiger partial charge in [0.2, 0.25) is 0 Å². The first-order valence-corrected chi connectivity index (χ1v) is 13.9. The SMILES string of the molecule is Cc1cc(F)cc(C)c1NC(=O)C1([P+](c2ccccc2)(c2ccccc2)c2ccccc2)CCC1.[Y]. The Labute approximate surface area is 238 Å². The second-order valence-electron chi connectivity index (χ2n) is 9.43. The summed E-state index contributed by atoms with van der Waals surface area (Å²) in [5.41, 5.74) is 2.21. The molecule has 1 aliphatic rings. The average molecular weight is 571 g/mol. The maximum atomic E-state index is 14.5. The zero-order valence-corrected chi connectivity index (χ0v) is 24.5. The standard InChI is InChI=1S/C31H29FNOP.Y/c1-23-21-25(32)22-24(2)29(23)33-30(34)31(19-12-20-31)35(26-13-6-3-7-14-26,27-15-8-4-9-16-27)28-17-10-5-11-18-28;/h3-11,13-18,21-22H,12,19-20H2,1-2H3;/p+1. The van der Waals surface area contributed by atoms with Crippen LogP contribution in [0.25, 0.3) is 0 Å². The van der Waals surface area contributed by atoms with E-state index in [4.69, 9.17) is 0 Å². The summed E-state index contributed by atoms with van der Waals surface area (Å²) < 4.78 is 14.0. The van der Waals surface area contributed by atoms with Gasteiger partial charge in [-0.2, -0.15) is 0 Å². The Bertz CT molecular complexity index is 1220. The van der Waals surface area contributed by atoms with Gasteiger partial charge in [-0.1, -0.05) is 54.6 Å². The van der Waals surface area contributed by atoms with Gasteiger partial charge in [-0.3, -0.25) is 4.79 Å². The summed E-state index contributed by atoms with van der Waals surface area (Å²) in [4.78, 5) is 14.5. The average Bonchev–Trinajstić information content (AvgIpc) is 2.85. The van der Waals surface area contributed by atoms with Crippen LogP contribution in [0.5, 0.6) is 0 Å². The molecule has 0 aliphatic heterocycles. The second kappa shape index (κ2) is 11.1.